The Labute approximate surface area is 150 Å². The van der Waals surface area contributed by atoms with Crippen LogP contribution < -0.4 is 10.2 Å². The molecule has 0 radical (unpaired) electrons. The number of carbonyl (C=O) groups excluding carboxylic acids is 1. The molecule has 0 saturated heterocycles. The van der Waals surface area contributed by atoms with Crippen LogP contribution in [0.5, 0.6) is 0 Å². The number of carbonyl (C=O) groups is 1. The first-order valence-corrected chi connectivity index (χ1v) is 8.76. The lowest BCUT2D eigenvalue weighted by Gasteiger charge is -2.18. The topological polar surface area (TPSA) is 58.4 Å². The Balaban J connectivity index is 1.88. The van der Waals surface area contributed by atoms with Crippen LogP contribution in [-0.2, 0) is 17.6 Å². The number of amides is 1. The van der Waals surface area contributed by atoms with Crippen LogP contribution >= 0.6 is 0 Å². The molecule has 25 heavy (non-hydrogen) atoms. The second kappa shape index (κ2) is 8.19. The number of hydrogen-bond donors (Lipinski definition) is 1. The SMILES string of the molecule is Cc1noc(C)c1C[C@H](C)C(=O)N[C@@H](C)Cc1ccc(N(C)C)cc1. The Morgan fingerprint density at radius 1 is 1.16 bits per heavy atom. The molecule has 0 aliphatic rings. The van der Waals surface area contributed by atoms with Crippen molar-refractivity contribution in [2.45, 2.75) is 46.6 Å². The van der Waals surface area contributed by atoms with Gasteiger partial charge in [0.1, 0.15) is 5.76 Å². The molecule has 2 rings (SSSR count). The third-order valence-electron chi connectivity index (χ3n) is 4.52. The molecule has 1 aromatic heterocycles. The predicted octanol–water partition coefficient (Wildman–Crippen LogP) is 3.28. The maximum absolute atomic E-state index is 12.5. The standard InChI is InChI=1S/C20H29N3O2/c1-13(11-19-15(3)22-25-16(19)4)20(24)21-14(2)12-17-7-9-18(10-8-17)23(5)6/h7-10,13-14H,11-12H2,1-6H3,(H,21,24)/t13-,14-/m0/s1. The summed E-state index contributed by atoms with van der Waals surface area (Å²) in [6.07, 6.45) is 1.47. The second-order valence-corrected chi connectivity index (χ2v) is 7.08. The van der Waals surface area contributed by atoms with Gasteiger partial charge in [-0.15, -0.1) is 0 Å². The van der Waals surface area contributed by atoms with Gasteiger partial charge in [0, 0.05) is 37.3 Å². The Morgan fingerprint density at radius 2 is 1.80 bits per heavy atom. The van der Waals surface area contributed by atoms with Crippen molar-refractivity contribution in [3.05, 3.63) is 46.8 Å². The highest BCUT2D eigenvalue weighted by Crippen LogP contribution is 2.18. The molecule has 0 bridgehead atoms. The van der Waals surface area contributed by atoms with Gasteiger partial charge >= 0.3 is 0 Å². The molecule has 0 aliphatic heterocycles. The van der Waals surface area contributed by atoms with Gasteiger partial charge < -0.3 is 14.7 Å². The quantitative estimate of drug-likeness (QED) is 0.838. The molecular formula is C20H29N3O2. The highest BCUT2D eigenvalue weighted by molar-refractivity contribution is 5.79. The first kappa shape index (κ1) is 19.0. The van der Waals surface area contributed by atoms with Crippen molar-refractivity contribution in [3.63, 3.8) is 0 Å². The van der Waals surface area contributed by atoms with Crippen LogP contribution in [0.15, 0.2) is 28.8 Å². The first-order chi connectivity index (χ1) is 11.8. The van der Waals surface area contributed by atoms with E-state index in [1.54, 1.807) is 0 Å². The van der Waals surface area contributed by atoms with Gasteiger partial charge in [-0.1, -0.05) is 24.2 Å². The van der Waals surface area contributed by atoms with E-state index in [9.17, 15) is 4.79 Å². The minimum absolute atomic E-state index is 0.0670. The summed E-state index contributed by atoms with van der Waals surface area (Å²) in [5.41, 5.74) is 4.30. The first-order valence-electron chi connectivity index (χ1n) is 8.76. The summed E-state index contributed by atoms with van der Waals surface area (Å²) >= 11 is 0. The van der Waals surface area contributed by atoms with Crippen LogP contribution in [0.2, 0.25) is 0 Å². The summed E-state index contributed by atoms with van der Waals surface area (Å²) in [5, 5.41) is 7.07. The van der Waals surface area contributed by atoms with Gasteiger partial charge in [0.05, 0.1) is 5.69 Å². The van der Waals surface area contributed by atoms with Crippen molar-refractivity contribution in [2.24, 2.45) is 5.92 Å². The molecule has 2 atom stereocenters. The molecule has 2 aromatic rings. The number of nitrogens with zero attached hydrogens (tertiary/aromatic N) is 2. The molecular weight excluding hydrogens is 314 g/mol. The van der Waals surface area contributed by atoms with E-state index in [-0.39, 0.29) is 17.9 Å². The number of benzene rings is 1. The molecule has 0 saturated carbocycles. The zero-order valence-corrected chi connectivity index (χ0v) is 16.1. The fraction of sp³-hybridized carbons (Fsp3) is 0.500. The van der Waals surface area contributed by atoms with Crippen molar-refractivity contribution >= 4 is 11.6 Å². The van der Waals surface area contributed by atoms with Crippen LogP contribution in [0.3, 0.4) is 0 Å². The molecule has 5 nitrogen and oxygen atoms in total. The molecule has 0 fully saturated rings. The zero-order chi connectivity index (χ0) is 18.6. The molecule has 1 heterocycles. The number of nitrogens with one attached hydrogen (secondary N) is 1. The maximum Gasteiger partial charge on any atom is 0.223 e. The van der Waals surface area contributed by atoms with E-state index in [2.05, 4.69) is 39.6 Å². The second-order valence-electron chi connectivity index (χ2n) is 7.08. The summed E-state index contributed by atoms with van der Waals surface area (Å²) in [4.78, 5) is 14.5. The van der Waals surface area contributed by atoms with Gasteiger partial charge in [0.25, 0.3) is 0 Å². The van der Waals surface area contributed by atoms with Crippen LogP contribution in [0, 0.1) is 19.8 Å². The van der Waals surface area contributed by atoms with Crippen LogP contribution in [0.25, 0.3) is 0 Å². The van der Waals surface area contributed by atoms with E-state index < -0.39 is 0 Å². The van der Waals surface area contributed by atoms with Crippen molar-refractivity contribution < 1.29 is 9.32 Å². The van der Waals surface area contributed by atoms with Crippen molar-refractivity contribution in [1.29, 1.82) is 0 Å². The van der Waals surface area contributed by atoms with Crippen molar-refractivity contribution in [3.8, 4) is 0 Å². The van der Waals surface area contributed by atoms with Gasteiger partial charge in [-0.25, -0.2) is 0 Å². The van der Waals surface area contributed by atoms with E-state index in [0.29, 0.717) is 6.42 Å². The fourth-order valence-corrected chi connectivity index (χ4v) is 2.91. The van der Waals surface area contributed by atoms with Crippen molar-refractivity contribution in [1.82, 2.24) is 10.5 Å². The van der Waals surface area contributed by atoms with Gasteiger partial charge in [-0.3, -0.25) is 4.79 Å². The van der Waals surface area contributed by atoms with E-state index in [1.165, 1.54) is 11.3 Å². The molecule has 1 amide bonds. The summed E-state index contributed by atoms with van der Waals surface area (Å²) in [6, 6.07) is 8.52. The third-order valence-corrected chi connectivity index (χ3v) is 4.52. The molecule has 5 heteroatoms. The number of anilines is 1. The highest BCUT2D eigenvalue weighted by atomic mass is 16.5. The Hall–Kier alpha value is -2.30. The van der Waals surface area contributed by atoms with Gasteiger partial charge in [0.2, 0.25) is 5.91 Å². The summed E-state index contributed by atoms with van der Waals surface area (Å²) in [5.74, 6) is 0.749. The van der Waals surface area contributed by atoms with Crippen LogP contribution in [0.1, 0.15) is 36.4 Å². The lowest BCUT2D eigenvalue weighted by molar-refractivity contribution is -0.125. The Kier molecular flexibility index (Phi) is 6.23. The number of aromatic nitrogens is 1. The average Bonchev–Trinajstić information content (AvgIpc) is 2.87. The van der Waals surface area contributed by atoms with E-state index >= 15 is 0 Å². The zero-order valence-electron chi connectivity index (χ0n) is 16.1. The molecule has 1 N–H and O–H groups in total. The predicted molar refractivity (Wildman–Crippen MR) is 101 cm³/mol. The minimum atomic E-state index is -0.115. The lowest BCUT2D eigenvalue weighted by Crippen LogP contribution is -2.38. The largest absolute Gasteiger partial charge is 0.378 e. The molecule has 1 aromatic carbocycles. The van der Waals surface area contributed by atoms with Gasteiger partial charge in [-0.2, -0.15) is 0 Å². The monoisotopic (exact) mass is 343 g/mol. The van der Waals surface area contributed by atoms with Crippen LogP contribution in [-0.4, -0.2) is 31.2 Å². The third kappa shape index (κ3) is 5.08. The normalized spacial score (nSPS) is 13.4. The van der Waals surface area contributed by atoms with Crippen molar-refractivity contribution in [2.75, 3.05) is 19.0 Å². The summed E-state index contributed by atoms with van der Waals surface area (Å²) in [6.45, 7) is 7.79. The van der Waals surface area contributed by atoms with E-state index in [1.807, 2.05) is 41.8 Å². The van der Waals surface area contributed by atoms with Gasteiger partial charge in [-0.05, 0) is 51.3 Å². The molecule has 0 unspecified atom stereocenters. The van der Waals surface area contributed by atoms with Gasteiger partial charge in [0.15, 0.2) is 0 Å². The molecule has 136 valence electrons. The smallest absolute Gasteiger partial charge is 0.223 e. The lowest BCUT2D eigenvalue weighted by atomic mass is 9.98. The molecule has 0 spiro atoms. The number of aryl methyl sites for hydroxylation is 2. The Bertz CT molecular complexity index is 685. The number of rotatable bonds is 7. The number of hydrogen-bond acceptors (Lipinski definition) is 4. The molecule has 0 aliphatic carbocycles. The minimum Gasteiger partial charge on any atom is -0.378 e. The van der Waals surface area contributed by atoms with E-state index in [4.69, 9.17) is 4.52 Å². The van der Waals surface area contributed by atoms with Crippen LogP contribution in [0.4, 0.5) is 5.69 Å². The highest BCUT2D eigenvalue weighted by Gasteiger charge is 2.20. The summed E-state index contributed by atoms with van der Waals surface area (Å²) < 4.78 is 5.18. The maximum atomic E-state index is 12.5. The fourth-order valence-electron chi connectivity index (χ4n) is 2.91. The average molecular weight is 343 g/mol. The Morgan fingerprint density at radius 3 is 2.32 bits per heavy atom. The van der Waals surface area contributed by atoms with E-state index in [0.717, 1.165) is 23.4 Å². The summed E-state index contributed by atoms with van der Waals surface area (Å²) in [7, 11) is 4.05.